The Labute approximate surface area is 205 Å². The number of carbonyl (C=O) groups excluding carboxylic acids is 2. The molecular weight excluding hydrogens is 466 g/mol. The summed E-state index contributed by atoms with van der Waals surface area (Å²) < 4.78 is 34.3. The maximum absolute atomic E-state index is 13.4. The number of fused-ring (bicyclic) bond motifs is 2. The maximum atomic E-state index is 13.4. The summed E-state index contributed by atoms with van der Waals surface area (Å²) in [4.78, 5) is 29.5. The number of hydrogen-bond acceptors (Lipinski definition) is 5. The third-order valence-corrected chi connectivity index (χ3v) is 8.29. The number of rotatable bonds is 5. The van der Waals surface area contributed by atoms with E-state index in [1.807, 2.05) is 44.2 Å². The van der Waals surface area contributed by atoms with Crippen molar-refractivity contribution in [3.63, 3.8) is 0 Å². The van der Waals surface area contributed by atoms with E-state index in [1.54, 1.807) is 32.6 Å². The van der Waals surface area contributed by atoms with E-state index in [2.05, 4.69) is 0 Å². The average molecular weight is 496 g/mol. The van der Waals surface area contributed by atoms with Gasteiger partial charge in [-0.25, -0.2) is 8.42 Å². The van der Waals surface area contributed by atoms with E-state index >= 15 is 0 Å². The highest BCUT2D eigenvalue weighted by atomic mass is 32.2. The van der Waals surface area contributed by atoms with Crippen LogP contribution in [0.4, 0.5) is 5.69 Å². The highest BCUT2D eigenvalue weighted by Crippen LogP contribution is 2.30. The average Bonchev–Trinajstić information content (AvgIpc) is 3.41. The summed E-state index contributed by atoms with van der Waals surface area (Å²) in [7, 11) is -3.94. The van der Waals surface area contributed by atoms with Gasteiger partial charge in [0, 0.05) is 42.4 Å². The second-order valence-electron chi connectivity index (χ2n) is 9.38. The summed E-state index contributed by atoms with van der Waals surface area (Å²) in [5.41, 5.74) is 2.46. The predicted molar refractivity (Wildman–Crippen MR) is 133 cm³/mol. The van der Waals surface area contributed by atoms with E-state index in [0.29, 0.717) is 37.0 Å². The van der Waals surface area contributed by atoms with Crippen LogP contribution in [0.5, 0.6) is 0 Å². The Morgan fingerprint density at radius 1 is 0.971 bits per heavy atom. The fourth-order valence-electron chi connectivity index (χ4n) is 5.13. The summed E-state index contributed by atoms with van der Waals surface area (Å²) in [6.45, 7) is 5.35. The van der Waals surface area contributed by atoms with Crippen LogP contribution in [0.15, 0.2) is 59.6 Å². The van der Waals surface area contributed by atoms with Crippen molar-refractivity contribution in [1.82, 2.24) is 9.47 Å². The van der Waals surface area contributed by atoms with Gasteiger partial charge < -0.3 is 19.1 Å². The molecule has 2 aliphatic heterocycles. The zero-order chi connectivity index (χ0) is 24.7. The number of aromatic nitrogens is 1. The summed E-state index contributed by atoms with van der Waals surface area (Å²) in [6.07, 6.45) is 2.10. The molecule has 0 saturated carbocycles. The van der Waals surface area contributed by atoms with Crippen molar-refractivity contribution in [3.8, 4) is 0 Å². The molecule has 2 aliphatic rings. The minimum absolute atomic E-state index is 0.0168. The molecule has 1 saturated heterocycles. The van der Waals surface area contributed by atoms with Crippen LogP contribution < -0.4 is 4.90 Å². The van der Waals surface area contributed by atoms with E-state index in [-0.39, 0.29) is 29.6 Å². The lowest BCUT2D eigenvalue weighted by molar-refractivity contribution is -0.143. The molecular formula is C26H29N3O5S. The van der Waals surface area contributed by atoms with Crippen molar-refractivity contribution in [3.05, 3.63) is 60.3 Å². The monoisotopic (exact) mass is 495 g/mol. The molecule has 2 atom stereocenters. The van der Waals surface area contributed by atoms with Gasteiger partial charge in [-0.05, 0) is 38.0 Å². The lowest BCUT2D eigenvalue weighted by Gasteiger charge is -2.35. The molecule has 0 aliphatic carbocycles. The zero-order valence-corrected chi connectivity index (χ0v) is 20.7. The number of para-hydroxylation sites is 2. The summed E-state index contributed by atoms with van der Waals surface area (Å²) >= 11 is 0. The van der Waals surface area contributed by atoms with E-state index < -0.39 is 21.5 Å². The van der Waals surface area contributed by atoms with Crippen LogP contribution in [0.25, 0.3) is 10.9 Å². The SMILES string of the molecule is CC1CN(C(=O)Cn2cc(S(=O)(=O)CC(=O)N3CCc4ccccc43)c3ccccc32)CC(C)O1. The number of sulfone groups is 1. The highest BCUT2D eigenvalue weighted by Gasteiger charge is 2.31. The third kappa shape index (κ3) is 4.58. The van der Waals surface area contributed by atoms with Crippen molar-refractivity contribution in [2.75, 3.05) is 30.3 Å². The van der Waals surface area contributed by atoms with E-state index in [4.69, 9.17) is 4.74 Å². The predicted octanol–water partition coefficient (Wildman–Crippen LogP) is 2.64. The Balaban J connectivity index is 1.41. The Morgan fingerprint density at radius 3 is 2.43 bits per heavy atom. The lowest BCUT2D eigenvalue weighted by atomic mass is 10.2. The molecule has 0 radical (unpaired) electrons. The third-order valence-electron chi connectivity index (χ3n) is 6.67. The fraction of sp³-hybridized carbons (Fsp3) is 0.385. The largest absolute Gasteiger partial charge is 0.372 e. The highest BCUT2D eigenvalue weighted by molar-refractivity contribution is 7.92. The second-order valence-corrected chi connectivity index (χ2v) is 11.3. The summed E-state index contributed by atoms with van der Waals surface area (Å²) in [6, 6.07) is 14.7. The Bertz CT molecular complexity index is 1390. The molecule has 0 spiro atoms. The van der Waals surface area contributed by atoms with Gasteiger partial charge in [0.2, 0.25) is 11.8 Å². The van der Waals surface area contributed by atoms with Crippen LogP contribution in [0.2, 0.25) is 0 Å². The first-order valence-corrected chi connectivity index (χ1v) is 13.5. The van der Waals surface area contributed by atoms with Gasteiger partial charge in [-0.15, -0.1) is 0 Å². The van der Waals surface area contributed by atoms with Crippen LogP contribution in [-0.2, 0) is 37.1 Å². The molecule has 2 aromatic carbocycles. The van der Waals surface area contributed by atoms with Crippen LogP contribution in [-0.4, -0.2) is 67.3 Å². The van der Waals surface area contributed by atoms with Crippen LogP contribution in [0.1, 0.15) is 19.4 Å². The summed E-state index contributed by atoms with van der Waals surface area (Å²) in [5.74, 6) is -1.16. The van der Waals surface area contributed by atoms with Gasteiger partial charge >= 0.3 is 0 Å². The number of amides is 2. The molecule has 9 heteroatoms. The molecule has 1 aromatic heterocycles. The molecule has 2 amide bonds. The smallest absolute Gasteiger partial charge is 0.242 e. The molecule has 2 unspecified atom stereocenters. The number of ether oxygens (including phenoxy) is 1. The molecule has 5 rings (SSSR count). The van der Waals surface area contributed by atoms with E-state index in [9.17, 15) is 18.0 Å². The van der Waals surface area contributed by atoms with Crippen LogP contribution in [0.3, 0.4) is 0 Å². The molecule has 0 N–H and O–H groups in total. The number of anilines is 1. The van der Waals surface area contributed by atoms with Crippen LogP contribution in [0, 0.1) is 0 Å². The lowest BCUT2D eigenvalue weighted by Crippen LogP contribution is -2.49. The van der Waals surface area contributed by atoms with Gasteiger partial charge in [0.1, 0.15) is 12.3 Å². The summed E-state index contributed by atoms with van der Waals surface area (Å²) in [5, 5.41) is 0.513. The quantitative estimate of drug-likeness (QED) is 0.543. The first-order chi connectivity index (χ1) is 16.7. The van der Waals surface area contributed by atoms with Gasteiger partial charge in [0.15, 0.2) is 9.84 Å². The fourth-order valence-corrected chi connectivity index (χ4v) is 6.57. The minimum Gasteiger partial charge on any atom is -0.372 e. The molecule has 184 valence electrons. The first kappa shape index (κ1) is 23.6. The maximum Gasteiger partial charge on any atom is 0.242 e. The van der Waals surface area contributed by atoms with Gasteiger partial charge in [-0.1, -0.05) is 36.4 Å². The van der Waals surface area contributed by atoms with Crippen molar-refractivity contribution >= 4 is 38.2 Å². The van der Waals surface area contributed by atoms with E-state index in [1.165, 1.54) is 6.20 Å². The number of carbonyl (C=O) groups is 2. The molecule has 3 heterocycles. The van der Waals surface area contributed by atoms with Gasteiger partial charge in [-0.2, -0.15) is 0 Å². The minimum atomic E-state index is -3.94. The topological polar surface area (TPSA) is 88.9 Å². The first-order valence-electron chi connectivity index (χ1n) is 11.8. The Morgan fingerprint density at radius 2 is 1.66 bits per heavy atom. The Hall–Kier alpha value is -3.17. The molecule has 0 bridgehead atoms. The zero-order valence-electron chi connectivity index (χ0n) is 19.9. The van der Waals surface area contributed by atoms with Gasteiger partial charge in [-0.3, -0.25) is 9.59 Å². The van der Waals surface area contributed by atoms with Crippen LogP contribution >= 0.6 is 0 Å². The number of benzene rings is 2. The molecule has 35 heavy (non-hydrogen) atoms. The van der Waals surface area contributed by atoms with E-state index in [0.717, 1.165) is 11.3 Å². The van der Waals surface area contributed by atoms with Gasteiger partial charge in [0.25, 0.3) is 0 Å². The van der Waals surface area contributed by atoms with Crippen molar-refractivity contribution in [1.29, 1.82) is 0 Å². The number of hydrogen-bond donors (Lipinski definition) is 0. The standard InChI is InChI=1S/C26H29N3O5S/c1-18-13-28(14-19(2)34-18)25(30)16-27-15-24(21-8-4-6-10-23(21)27)35(32,33)17-26(31)29-12-11-20-7-3-5-9-22(20)29/h3-10,15,18-19H,11-14,16-17H2,1-2H3. The van der Waals surface area contributed by atoms with Crippen molar-refractivity contribution in [2.45, 2.75) is 43.9 Å². The van der Waals surface area contributed by atoms with Crippen molar-refractivity contribution in [2.24, 2.45) is 0 Å². The van der Waals surface area contributed by atoms with Crippen molar-refractivity contribution < 1.29 is 22.7 Å². The molecule has 3 aromatic rings. The Kier molecular flexibility index (Phi) is 6.14. The normalized spacial score (nSPS) is 20.3. The number of nitrogens with zero attached hydrogens (tertiary/aromatic N) is 3. The molecule has 8 nitrogen and oxygen atoms in total. The molecule has 1 fully saturated rings. The van der Waals surface area contributed by atoms with Gasteiger partial charge in [0.05, 0.1) is 17.1 Å². The number of morpholine rings is 1. The second kappa shape index (κ2) is 9.13.